The molecule has 0 aliphatic carbocycles. The predicted octanol–water partition coefficient (Wildman–Crippen LogP) is 4.63. The van der Waals surface area contributed by atoms with Crippen molar-refractivity contribution < 1.29 is 4.79 Å². The van der Waals surface area contributed by atoms with Crippen LogP contribution in [0.2, 0.25) is 5.15 Å². The zero-order chi connectivity index (χ0) is 19.6. The maximum atomic E-state index is 12.5. The highest BCUT2D eigenvalue weighted by atomic mass is 35.5. The number of aryl methyl sites for hydroxylation is 1. The minimum Gasteiger partial charge on any atom is -0.307 e. The molecule has 0 fully saturated rings. The van der Waals surface area contributed by atoms with Crippen molar-refractivity contribution in [1.82, 2.24) is 15.0 Å². The molecule has 0 saturated heterocycles. The Morgan fingerprint density at radius 2 is 1.93 bits per heavy atom. The lowest BCUT2D eigenvalue weighted by Crippen LogP contribution is -2.21. The van der Waals surface area contributed by atoms with E-state index in [0.717, 1.165) is 11.1 Å². The average Bonchev–Trinajstić information content (AvgIpc) is 2.62. The molecule has 27 heavy (non-hydrogen) atoms. The first-order valence-corrected chi connectivity index (χ1v) is 8.66. The number of fused-ring (bicyclic) bond motifs is 1. The Morgan fingerprint density at radius 3 is 2.63 bits per heavy atom. The topological polar surface area (TPSA) is 104 Å². The lowest BCUT2D eigenvalue weighted by Gasteiger charge is -2.16. The van der Waals surface area contributed by atoms with Crippen LogP contribution in [0.3, 0.4) is 0 Å². The zero-order valence-electron chi connectivity index (χ0n) is 15.0. The van der Waals surface area contributed by atoms with Gasteiger partial charge >= 0.3 is 6.03 Å². The van der Waals surface area contributed by atoms with Crippen molar-refractivity contribution in [2.75, 3.05) is 10.6 Å². The molecule has 0 bridgehead atoms. The average molecular weight is 381 g/mol. The maximum absolute atomic E-state index is 12.5. The monoisotopic (exact) mass is 380 g/mol. The summed E-state index contributed by atoms with van der Waals surface area (Å²) in [6.07, 6.45) is 3.14. The number of aromatic nitrogens is 3. The molecule has 7 nitrogen and oxygen atoms in total. The molecule has 3 aromatic rings. The highest BCUT2D eigenvalue weighted by Gasteiger charge is 2.16. The van der Waals surface area contributed by atoms with Gasteiger partial charge in [0.2, 0.25) is 0 Å². The van der Waals surface area contributed by atoms with Gasteiger partial charge < -0.3 is 10.6 Å². The standard InChI is InChI=1S/C19H17ClN6O/c1-10(2)17-15(9-23-13-4-5-16(20)26-18(13)17)25-19(27)24-14-6-12(7-21)22-8-11(14)3/h4-6,8-10H,1-3H3,(H2,22,24,25,27). The van der Waals surface area contributed by atoms with E-state index in [0.29, 0.717) is 27.6 Å². The van der Waals surface area contributed by atoms with Crippen LogP contribution >= 0.6 is 11.6 Å². The molecule has 2 N–H and O–H groups in total. The van der Waals surface area contributed by atoms with Crippen molar-refractivity contribution in [3.05, 3.63) is 52.6 Å². The van der Waals surface area contributed by atoms with E-state index < -0.39 is 6.03 Å². The van der Waals surface area contributed by atoms with Crippen LogP contribution in [0.15, 0.2) is 30.6 Å². The van der Waals surface area contributed by atoms with Gasteiger partial charge in [-0.1, -0.05) is 25.4 Å². The summed E-state index contributed by atoms with van der Waals surface area (Å²) in [6, 6.07) is 6.51. The quantitative estimate of drug-likeness (QED) is 0.645. The number of hydrogen-bond acceptors (Lipinski definition) is 5. The fraction of sp³-hybridized carbons (Fsp3) is 0.211. The second kappa shape index (κ2) is 7.56. The lowest BCUT2D eigenvalue weighted by atomic mass is 10.0. The number of carbonyl (C=O) groups is 1. The maximum Gasteiger partial charge on any atom is 0.323 e. The van der Waals surface area contributed by atoms with E-state index in [-0.39, 0.29) is 11.6 Å². The molecule has 0 unspecified atom stereocenters. The zero-order valence-corrected chi connectivity index (χ0v) is 15.8. The van der Waals surface area contributed by atoms with Gasteiger partial charge in [0.25, 0.3) is 0 Å². The van der Waals surface area contributed by atoms with Gasteiger partial charge in [0, 0.05) is 17.4 Å². The first-order chi connectivity index (χ1) is 12.9. The molecular formula is C19H17ClN6O. The summed E-state index contributed by atoms with van der Waals surface area (Å²) in [5.74, 6) is 0.0876. The van der Waals surface area contributed by atoms with Gasteiger partial charge in [0.05, 0.1) is 22.9 Å². The Balaban J connectivity index is 1.93. The molecule has 0 atom stereocenters. The Bertz CT molecular complexity index is 1070. The van der Waals surface area contributed by atoms with Crippen LogP contribution in [0.1, 0.15) is 36.6 Å². The number of rotatable bonds is 3. The normalized spacial score (nSPS) is 10.7. The molecule has 3 heterocycles. The molecule has 0 aromatic carbocycles. The molecule has 3 aromatic heterocycles. The smallest absolute Gasteiger partial charge is 0.307 e. The highest BCUT2D eigenvalue weighted by Crippen LogP contribution is 2.31. The van der Waals surface area contributed by atoms with E-state index in [2.05, 4.69) is 25.6 Å². The number of pyridine rings is 3. The number of nitrogens with zero attached hydrogens (tertiary/aromatic N) is 4. The van der Waals surface area contributed by atoms with Crippen LogP contribution in [0.5, 0.6) is 0 Å². The molecule has 8 heteroatoms. The van der Waals surface area contributed by atoms with E-state index >= 15 is 0 Å². The summed E-state index contributed by atoms with van der Waals surface area (Å²) >= 11 is 6.04. The molecule has 0 aliphatic rings. The molecule has 3 rings (SSSR count). The second-order valence-electron chi connectivity index (χ2n) is 6.32. The predicted molar refractivity (Wildman–Crippen MR) is 105 cm³/mol. The van der Waals surface area contributed by atoms with Crippen molar-refractivity contribution >= 4 is 40.0 Å². The Labute approximate surface area is 161 Å². The number of nitrogens with one attached hydrogen (secondary N) is 2. The van der Waals surface area contributed by atoms with Gasteiger partial charge in [0.1, 0.15) is 16.9 Å². The molecule has 136 valence electrons. The first kappa shape index (κ1) is 18.5. The fourth-order valence-electron chi connectivity index (χ4n) is 2.74. The minimum atomic E-state index is -0.446. The largest absolute Gasteiger partial charge is 0.323 e. The number of urea groups is 1. The third-order valence-electron chi connectivity index (χ3n) is 4.01. The van der Waals surface area contributed by atoms with Crippen LogP contribution in [-0.2, 0) is 0 Å². The summed E-state index contributed by atoms with van der Waals surface area (Å²) < 4.78 is 0. The molecule has 0 spiro atoms. The van der Waals surface area contributed by atoms with Crippen LogP contribution in [0, 0.1) is 18.3 Å². The van der Waals surface area contributed by atoms with Gasteiger partial charge in [-0.2, -0.15) is 5.26 Å². The number of nitriles is 1. The van der Waals surface area contributed by atoms with Crippen LogP contribution in [-0.4, -0.2) is 21.0 Å². The number of amides is 2. The van der Waals surface area contributed by atoms with Crippen molar-refractivity contribution in [2.24, 2.45) is 0 Å². The van der Waals surface area contributed by atoms with Crippen molar-refractivity contribution in [3.63, 3.8) is 0 Å². The van der Waals surface area contributed by atoms with Gasteiger partial charge in [-0.25, -0.2) is 14.8 Å². The molecule has 0 aliphatic heterocycles. The first-order valence-electron chi connectivity index (χ1n) is 8.29. The third-order valence-corrected chi connectivity index (χ3v) is 4.22. The van der Waals surface area contributed by atoms with Crippen molar-refractivity contribution in [1.29, 1.82) is 5.26 Å². The van der Waals surface area contributed by atoms with E-state index in [9.17, 15) is 4.79 Å². The van der Waals surface area contributed by atoms with Crippen LogP contribution in [0.4, 0.5) is 16.2 Å². The minimum absolute atomic E-state index is 0.0876. The summed E-state index contributed by atoms with van der Waals surface area (Å²) in [5.41, 5.74) is 4.25. The Kier molecular flexibility index (Phi) is 5.19. The fourth-order valence-corrected chi connectivity index (χ4v) is 2.89. The number of anilines is 2. The van der Waals surface area contributed by atoms with Gasteiger partial charge in [-0.15, -0.1) is 0 Å². The van der Waals surface area contributed by atoms with Crippen molar-refractivity contribution in [3.8, 4) is 6.07 Å². The number of carbonyl (C=O) groups excluding carboxylic acids is 1. The van der Waals surface area contributed by atoms with Crippen LogP contribution in [0.25, 0.3) is 11.0 Å². The van der Waals surface area contributed by atoms with Gasteiger partial charge in [0.15, 0.2) is 0 Å². The van der Waals surface area contributed by atoms with Gasteiger partial charge in [-0.05, 0) is 36.6 Å². The number of halogens is 1. The van der Waals surface area contributed by atoms with E-state index in [4.69, 9.17) is 16.9 Å². The summed E-state index contributed by atoms with van der Waals surface area (Å²) in [7, 11) is 0. The third kappa shape index (κ3) is 3.96. The van der Waals surface area contributed by atoms with E-state index in [1.54, 1.807) is 25.3 Å². The van der Waals surface area contributed by atoms with E-state index in [1.807, 2.05) is 19.9 Å². The SMILES string of the molecule is Cc1cnc(C#N)cc1NC(=O)Nc1cnc2ccc(Cl)nc2c1C(C)C. The number of hydrogen-bond donors (Lipinski definition) is 2. The summed E-state index contributed by atoms with van der Waals surface area (Å²) in [4.78, 5) is 25.2. The van der Waals surface area contributed by atoms with E-state index in [1.165, 1.54) is 12.3 Å². The lowest BCUT2D eigenvalue weighted by molar-refractivity contribution is 0.262. The summed E-state index contributed by atoms with van der Waals surface area (Å²) in [6.45, 7) is 5.81. The molecule has 0 saturated carbocycles. The summed E-state index contributed by atoms with van der Waals surface area (Å²) in [5, 5.41) is 14.9. The van der Waals surface area contributed by atoms with Crippen LogP contribution < -0.4 is 10.6 Å². The van der Waals surface area contributed by atoms with Crippen molar-refractivity contribution in [2.45, 2.75) is 26.7 Å². The van der Waals surface area contributed by atoms with Gasteiger partial charge in [-0.3, -0.25) is 4.98 Å². The second-order valence-corrected chi connectivity index (χ2v) is 6.70. The Hall–Kier alpha value is -3.24. The molecular weight excluding hydrogens is 364 g/mol. The molecule has 0 radical (unpaired) electrons. The molecule has 2 amide bonds. The Morgan fingerprint density at radius 1 is 1.19 bits per heavy atom. The highest BCUT2D eigenvalue weighted by molar-refractivity contribution is 6.29.